The monoisotopic (exact) mass is 429 g/mol. The minimum absolute atomic E-state index is 0.0484. The van der Waals surface area contributed by atoms with Gasteiger partial charge in [0.05, 0.1) is 34.4 Å². The summed E-state index contributed by atoms with van der Waals surface area (Å²) in [4.78, 5) is 12.5. The van der Waals surface area contributed by atoms with Crippen molar-refractivity contribution in [2.24, 2.45) is 0 Å². The summed E-state index contributed by atoms with van der Waals surface area (Å²) in [6, 6.07) is 13.4. The molecule has 0 aromatic heterocycles. The van der Waals surface area contributed by atoms with Gasteiger partial charge in [0, 0.05) is 25.3 Å². The van der Waals surface area contributed by atoms with Crippen LogP contribution >= 0.6 is 0 Å². The minimum Gasteiger partial charge on any atom is -0.384 e. The highest BCUT2D eigenvalue weighted by Crippen LogP contribution is 2.27. The molecule has 1 amide bonds. The zero-order chi connectivity index (χ0) is 22.1. The van der Waals surface area contributed by atoms with E-state index in [1.165, 1.54) is 4.31 Å². The largest absolute Gasteiger partial charge is 0.384 e. The molecule has 3 N–H and O–H groups in total. The molecule has 0 saturated carbocycles. The van der Waals surface area contributed by atoms with Crippen LogP contribution in [0.4, 0.5) is 17.1 Å². The summed E-state index contributed by atoms with van der Waals surface area (Å²) in [5.41, 5.74) is 2.32. The first-order chi connectivity index (χ1) is 14.3. The zero-order valence-corrected chi connectivity index (χ0v) is 18.2. The Kier molecular flexibility index (Phi) is 8.21. The number of nitriles is 1. The maximum Gasteiger partial charge on any atom is 0.243 e. The second-order valence-corrected chi connectivity index (χ2v) is 8.36. The maximum atomic E-state index is 12.8. The topological polar surface area (TPSA) is 114 Å². The molecule has 0 fully saturated rings. The van der Waals surface area contributed by atoms with E-state index in [1.807, 2.05) is 13.0 Å². The van der Waals surface area contributed by atoms with E-state index in [0.717, 1.165) is 0 Å². The molecule has 0 spiro atoms. The number of carbonyl (C=O) groups is 1. The van der Waals surface area contributed by atoms with Crippen molar-refractivity contribution in [2.75, 3.05) is 42.1 Å². The Balaban J connectivity index is 2.17. The number of sulfonamides is 1. The van der Waals surface area contributed by atoms with Crippen molar-refractivity contribution in [3.63, 3.8) is 0 Å². The molecule has 0 radical (unpaired) electrons. The van der Waals surface area contributed by atoms with Gasteiger partial charge >= 0.3 is 0 Å². The smallest absolute Gasteiger partial charge is 0.243 e. The first-order valence-electron chi connectivity index (χ1n) is 9.77. The lowest BCUT2D eigenvalue weighted by Crippen LogP contribution is -2.30. The lowest BCUT2D eigenvalue weighted by molar-refractivity contribution is -0.114. The molecule has 0 heterocycles. The second-order valence-electron chi connectivity index (χ2n) is 6.42. The summed E-state index contributed by atoms with van der Waals surface area (Å²) in [5.74, 6) is -0.292. The Labute approximate surface area is 177 Å². The van der Waals surface area contributed by atoms with Crippen molar-refractivity contribution >= 4 is 33.0 Å². The van der Waals surface area contributed by atoms with Gasteiger partial charge in [-0.25, -0.2) is 8.42 Å². The first kappa shape index (κ1) is 23.2. The molecule has 0 aliphatic rings. The molecule has 2 rings (SSSR count). The van der Waals surface area contributed by atoms with Gasteiger partial charge in [-0.15, -0.1) is 0 Å². The predicted octanol–water partition coefficient (Wildman–Crippen LogP) is 3.07. The van der Waals surface area contributed by atoms with Crippen LogP contribution in [0.15, 0.2) is 47.4 Å². The van der Waals surface area contributed by atoms with Crippen molar-refractivity contribution in [2.45, 2.75) is 25.7 Å². The van der Waals surface area contributed by atoms with Crippen LogP contribution in [-0.2, 0) is 14.8 Å². The number of nitrogens with zero attached hydrogens (tertiary/aromatic N) is 2. The van der Waals surface area contributed by atoms with Crippen LogP contribution in [0.25, 0.3) is 0 Å². The third-order valence-corrected chi connectivity index (χ3v) is 6.48. The molecule has 0 bridgehead atoms. The van der Waals surface area contributed by atoms with Gasteiger partial charge < -0.3 is 16.0 Å². The molecule has 0 aliphatic carbocycles. The van der Waals surface area contributed by atoms with Crippen LogP contribution < -0.4 is 16.0 Å². The van der Waals surface area contributed by atoms with E-state index in [-0.39, 0.29) is 17.3 Å². The van der Waals surface area contributed by atoms with E-state index >= 15 is 0 Å². The number of amides is 1. The highest BCUT2D eigenvalue weighted by molar-refractivity contribution is 7.89. The van der Waals surface area contributed by atoms with Gasteiger partial charge in [-0.05, 0) is 49.4 Å². The standard InChI is InChI=1S/C21H27N5O3S/c1-4-23-19-12-11-18(30(28,29)26(5-2)6-3)13-20(19)24-15-21(27)25-17-9-7-16(14-22)8-10-17/h7-13,23-24H,4-6,15H2,1-3H3,(H,25,27). The normalized spacial score (nSPS) is 11.0. The summed E-state index contributed by atoms with van der Waals surface area (Å²) < 4.78 is 27.0. The number of benzene rings is 2. The molecular formula is C21H27N5O3S. The SMILES string of the molecule is CCNc1ccc(S(=O)(=O)N(CC)CC)cc1NCC(=O)Nc1ccc(C#N)cc1. The average molecular weight is 430 g/mol. The van der Waals surface area contributed by atoms with E-state index in [9.17, 15) is 13.2 Å². The Morgan fingerprint density at radius 1 is 1.00 bits per heavy atom. The third kappa shape index (κ3) is 5.72. The van der Waals surface area contributed by atoms with Gasteiger partial charge in [-0.3, -0.25) is 4.79 Å². The molecule has 0 saturated heterocycles. The lowest BCUT2D eigenvalue weighted by Gasteiger charge is -2.20. The number of rotatable bonds is 10. The minimum atomic E-state index is -3.61. The van der Waals surface area contributed by atoms with Gasteiger partial charge in [-0.1, -0.05) is 13.8 Å². The Morgan fingerprint density at radius 2 is 1.67 bits per heavy atom. The first-order valence-corrected chi connectivity index (χ1v) is 11.2. The number of hydrogen-bond donors (Lipinski definition) is 3. The van der Waals surface area contributed by atoms with Crippen LogP contribution in [0, 0.1) is 11.3 Å². The van der Waals surface area contributed by atoms with Crippen LogP contribution in [0.3, 0.4) is 0 Å². The molecule has 9 heteroatoms. The van der Waals surface area contributed by atoms with Gasteiger partial charge in [0.15, 0.2) is 0 Å². The van der Waals surface area contributed by atoms with Crippen LogP contribution in [-0.4, -0.2) is 44.8 Å². The number of hydrogen-bond acceptors (Lipinski definition) is 6. The Bertz CT molecular complexity index is 1010. The zero-order valence-electron chi connectivity index (χ0n) is 17.4. The third-order valence-electron chi connectivity index (χ3n) is 4.44. The fourth-order valence-corrected chi connectivity index (χ4v) is 4.38. The van der Waals surface area contributed by atoms with Crippen molar-refractivity contribution < 1.29 is 13.2 Å². The van der Waals surface area contributed by atoms with E-state index in [1.54, 1.807) is 56.3 Å². The van der Waals surface area contributed by atoms with Crippen LogP contribution in [0.5, 0.6) is 0 Å². The Hall–Kier alpha value is -3.09. The van der Waals surface area contributed by atoms with E-state index < -0.39 is 10.0 Å². The molecule has 160 valence electrons. The van der Waals surface area contributed by atoms with Crippen molar-refractivity contribution in [1.29, 1.82) is 5.26 Å². The highest BCUT2D eigenvalue weighted by Gasteiger charge is 2.22. The summed E-state index contributed by atoms with van der Waals surface area (Å²) in [7, 11) is -3.61. The lowest BCUT2D eigenvalue weighted by atomic mass is 10.2. The van der Waals surface area contributed by atoms with E-state index in [2.05, 4.69) is 16.0 Å². The second kappa shape index (κ2) is 10.6. The maximum absolute atomic E-state index is 12.8. The number of carbonyl (C=O) groups excluding carboxylic acids is 1. The molecule has 2 aromatic rings. The summed E-state index contributed by atoms with van der Waals surface area (Å²) in [5, 5.41) is 17.8. The molecule has 0 atom stereocenters. The highest BCUT2D eigenvalue weighted by atomic mass is 32.2. The Morgan fingerprint density at radius 3 is 2.23 bits per heavy atom. The summed E-state index contributed by atoms with van der Waals surface area (Å²) >= 11 is 0. The average Bonchev–Trinajstić information content (AvgIpc) is 2.74. The molecule has 0 aliphatic heterocycles. The van der Waals surface area contributed by atoms with Crippen molar-refractivity contribution in [3.05, 3.63) is 48.0 Å². The van der Waals surface area contributed by atoms with Crippen LogP contribution in [0.1, 0.15) is 26.3 Å². The number of nitrogens with one attached hydrogen (secondary N) is 3. The van der Waals surface area contributed by atoms with Gasteiger partial charge in [-0.2, -0.15) is 9.57 Å². The van der Waals surface area contributed by atoms with Gasteiger partial charge in [0.25, 0.3) is 0 Å². The molecule has 2 aromatic carbocycles. The number of anilines is 3. The van der Waals surface area contributed by atoms with Crippen molar-refractivity contribution in [1.82, 2.24) is 4.31 Å². The summed E-state index contributed by atoms with van der Waals surface area (Å²) in [6.07, 6.45) is 0. The molecule has 30 heavy (non-hydrogen) atoms. The van der Waals surface area contributed by atoms with Gasteiger partial charge in [0.1, 0.15) is 0 Å². The van der Waals surface area contributed by atoms with Crippen molar-refractivity contribution in [3.8, 4) is 6.07 Å². The molecular weight excluding hydrogens is 402 g/mol. The fraction of sp³-hybridized carbons (Fsp3) is 0.333. The van der Waals surface area contributed by atoms with Gasteiger partial charge in [0.2, 0.25) is 15.9 Å². The van der Waals surface area contributed by atoms with Crippen LogP contribution in [0.2, 0.25) is 0 Å². The van der Waals surface area contributed by atoms with E-state index in [4.69, 9.17) is 5.26 Å². The predicted molar refractivity (Wildman–Crippen MR) is 119 cm³/mol. The quantitative estimate of drug-likeness (QED) is 0.535. The fourth-order valence-electron chi connectivity index (χ4n) is 2.90. The molecule has 0 unspecified atom stereocenters. The molecule has 8 nitrogen and oxygen atoms in total. The van der Waals surface area contributed by atoms with E-state index in [0.29, 0.717) is 42.3 Å². The summed E-state index contributed by atoms with van der Waals surface area (Å²) in [6.45, 7) is 6.87.